The van der Waals surface area contributed by atoms with Crippen molar-refractivity contribution in [1.82, 2.24) is 14.3 Å². The molecule has 22 heavy (non-hydrogen) atoms. The van der Waals surface area contributed by atoms with Gasteiger partial charge in [-0.25, -0.2) is 9.48 Å². The Hall–Kier alpha value is -2.37. The van der Waals surface area contributed by atoms with E-state index in [2.05, 4.69) is 10.4 Å². The van der Waals surface area contributed by atoms with Crippen LogP contribution in [0.3, 0.4) is 0 Å². The van der Waals surface area contributed by atoms with E-state index in [0.29, 0.717) is 6.54 Å². The van der Waals surface area contributed by atoms with Crippen molar-refractivity contribution in [2.45, 2.75) is 45.7 Å². The first-order valence-electron chi connectivity index (χ1n) is 7.66. The number of rotatable bonds is 3. The number of carbonyl (C=O) groups is 1. The van der Waals surface area contributed by atoms with Gasteiger partial charge in [-0.05, 0) is 31.9 Å². The number of nitrogens with one attached hydrogen (secondary N) is 1. The van der Waals surface area contributed by atoms with Crippen LogP contribution >= 0.6 is 0 Å². The van der Waals surface area contributed by atoms with Gasteiger partial charge in [0.15, 0.2) is 0 Å². The van der Waals surface area contributed by atoms with Crippen LogP contribution in [0.1, 0.15) is 30.7 Å². The van der Waals surface area contributed by atoms with Gasteiger partial charge in [-0.1, -0.05) is 24.1 Å². The summed E-state index contributed by atoms with van der Waals surface area (Å²) in [6, 6.07) is 7.55. The maximum absolute atomic E-state index is 12.3. The van der Waals surface area contributed by atoms with Crippen LogP contribution in [0.2, 0.25) is 0 Å². The van der Waals surface area contributed by atoms with Crippen LogP contribution in [-0.2, 0) is 24.3 Å². The Morgan fingerprint density at radius 2 is 2.00 bits per heavy atom. The Morgan fingerprint density at radius 1 is 1.23 bits per heavy atom. The summed E-state index contributed by atoms with van der Waals surface area (Å²) in [5.74, 6) is 0.560. The summed E-state index contributed by atoms with van der Waals surface area (Å²) in [4.78, 5) is 24.4. The molecule has 6 heteroatoms. The molecule has 0 atom stereocenters. The van der Waals surface area contributed by atoms with Gasteiger partial charge in [0.25, 0.3) is 0 Å². The molecule has 0 spiro atoms. The summed E-state index contributed by atoms with van der Waals surface area (Å²) in [7, 11) is 0. The standard InChI is InChI=1S/C16H20N4O2/c1-12-6-8-13(9-7-12)17-15(21)11-20-16(22)19-10-4-2-3-5-14(19)18-20/h6-9H,2-5,10-11H2,1H3,(H,17,21). The van der Waals surface area contributed by atoms with Crippen LogP contribution in [0.25, 0.3) is 0 Å². The quantitative estimate of drug-likeness (QED) is 0.938. The molecule has 0 saturated heterocycles. The van der Waals surface area contributed by atoms with Crippen molar-refractivity contribution in [1.29, 1.82) is 0 Å². The third-order valence-corrected chi connectivity index (χ3v) is 3.91. The number of anilines is 1. The number of aryl methyl sites for hydroxylation is 2. The summed E-state index contributed by atoms with van der Waals surface area (Å²) >= 11 is 0. The van der Waals surface area contributed by atoms with Crippen LogP contribution in [-0.4, -0.2) is 20.3 Å². The maximum Gasteiger partial charge on any atom is 0.346 e. The zero-order valence-electron chi connectivity index (χ0n) is 12.7. The van der Waals surface area contributed by atoms with Gasteiger partial charge < -0.3 is 5.32 Å². The number of aromatic nitrogens is 3. The largest absolute Gasteiger partial charge is 0.346 e. The molecule has 1 aliphatic rings. The van der Waals surface area contributed by atoms with Gasteiger partial charge in [0, 0.05) is 18.7 Å². The second-order valence-electron chi connectivity index (χ2n) is 5.73. The lowest BCUT2D eigenvalue weighted by Crippen LogP contribution is -2.30. The summed E-state index contributed by atoms with van der Waals surface area (Å²) < 4.78 is 2.97. The zero-order valence-corrected chi connectivity index (χ0v) is 12.7. The predicted molar refractivity (Wildman–Crippen MR) is 83.9 cm³/mol. The van der Waals surface area contributed by atoms with E-state index in [1.165, 1.54) is 4.68 Å². The minimum atomic E-state index is -0.237. The average molecular weight is 300 g/mol. The SMILES string of the molecule is Cc1ccc(NC(=O)Cn2nc3n(c2=O)CCCCC3)cc1. The topological polar surface area (TPSA) is 68.9 Å². The van der Waals surface area contributed by atoms with Gasteiger partial charge in [0.1, 0.15) is 12.4 Å². The lowest BCUT2D eigenvalue weighted by atomic mass is 10.2. The number of benzene rings is 1. The third-order valence-electron chi connectivity index (χ3n) is 3.91. The molecule has 6 nitrogen and oxygen atoms in total. The number of hydrogen-bond acceptors (Lipinski definition) is 3. The summed E-state index contributed by atoms with van der Waals surface area (Å²) in [6.45, 7) is 2.64. The average Bonchev–Trinajstić information content (AvgIpc) is 2.67. The van der Waals surface area contributed by atoms with Crippen molar-refractivity contribution in [2.24, 2.45) is 0 Å². The highest BCUT2D eigenvalue weighted by Crippen LogP contribution is 2.11. The van der Waals surface area contributed by atoms with Gasteiger partial charge in [-0.2, -0.15) is 5.10 Å². The van der Waals surface area contributed by atoms with Crippen molar-refractivity contribution < 1.29 is 4.79 Å². The molecular weight excluding hydrogens is 280 g/mol. The molecule has 1 aromatic heterocycles. The zero-order chi connectivity index (χ0) is 15.5. The molecule has 1 aliphatic heterocycles. The number of carbonyl (C=O) groups excluding carboxylic acids is 1. The summed E-state index contributed by atoms with van der Waals surface area (Å²) in [5, 5.41) is 7.10. The van der Waals surface area contributed by atoms with E-state index in [0.717, 1.165) is 42.8 Å². The van der Waals surface area contributed by atoms with Crippen LogP contribution in [0, 0.1) is 6.92 Å². The highest BCUT2D eigenvalue weighted by Gasteiger charge is 2.17. The lowest BCUT2D eigenvalue weighted by molar-refractivity contribution is -0.117. The summed E-state index contributed by atoms with van der Waals surface area (Å²) in [6.07, 6.45) is 3.97. The molecule has 2 heterocycles. The molecule has 2 aromatic rings. The maximum atomic E-state index is 12.3. The van der Waals surface area contributed by atoms with E-state index < -0.39 is 0 Å². The second kappa shape index (κ2) is 6.17. The monoisotopic (exact) mass is 300 g/mol. The molecule has 0 radical (unpaired) electrons. The number of fused-ring (bicyclic) bond motifs is 1. The Bertz CT molecular complexity index is 728. The Labute approximate surface area is 128 Å². The second-order valence-corrected chi connectivity index (χ2v) is 5.73. The van der Waals surface area contributed by atoms with Crippen molar-refractivity contribution in [3.05, 3.63) is 46.1 Å². The molecule has 0 aliphatic carbocycles. The third kappa shape index (κ3) is 3.10. The van der Waals surface area contributed by atoms with Gasteiger partial charge >= 0.3 is 5.69 Å². The first kappa shape index (κ1) is 14.6. The number of nitrogens with zero attached hydrogens (tertiary/aromatic N) is 3. The molecule has 0 saturated carbocycles. The van der Waals surface area contributed by atoms with E-state index in [1.807, 2.05) is 31.2 Å². The van der Waals surface area contributed by atoms with E-state index in [-0.39, 0.29) is 18.1 Å². The smallest absolute Gasteiger partial charge is 0.324 e. The molecule has 0 bridgehead atoms. The number of amides is 1. The van der Waals surface area contributed by atoms with Gasteiger partial charge in [-0.3, -0.25) is 9.36 Å². The number of hydrogen-bond donors (Lipinski definition) is 1. The van der Waals surface area contributed by atoms with Crippen LogP contribution in [0.5, 0.6) is 0 Å². The van der Waals surface area contributed by atoms with Crippen molar-refractivity contribution >= 4 is 11.6 Å². The summed E-state index contributed by atoms with van der Waals surface area (Å²) in [5.41, 5.74) is 1.67. The van der Waals surface area contributed by atoms with Crippen LogP contribution in [0.4, 0.5) is 5.69 Å². The molecule has 3 rings (SSSR count). The Morgan fingerprint density at radius 3 is 2.77 bits per heavy atom. The van der Waals surface area contributed by atoms with Crippen LogP contribution < -0.4 is 11.0 Å². The molecule has 1 aromatic carbocycles. The fourth-order valence-electron chi connectivity index (χ4n) is 2.70. The van der Waals surface area contributed by atoms with Crippen molar-refractivity contribution in [2.75, 3.05) is 5.32 Å². The van der Waals surface area contributed by atoms with Crippen molar-refractivity contribution in [3.63, 3.8) is 0 Å². The predicted octanol–water partition coefficient (Wildman–Crippen LogP) is 1.72. The first-order chi connectivity index (χ1) is 10.6. The van der Waals surface area contributed by atoms with E-state index in [1.54, 1.807) is 4.57 Å². The Balaban J connectivity index is 1.71. The van der Waals surface area contributed by atoms with E-state index in [4.69, 9.17) is 0 Å². The lowest BCUT2D eigenvalue weighted by Gasteiger charge is -2.05. The fourth-order valence-corrected chi connectivity index (χ4v) is 2.70. The molecule has 0 unspecified atom stereocenters. The van der Waals surface area contributed by atoms with Gasteiger partial charge in [0.2, 0.25) is 5.91 Å². The molecule has 116 valence electrons. The highest BCUT2D eigenvalue weighted by molar-refractivity contribution is 5.90. The van der Waals surface area contributed by atoms with E-state index >= 15 is 0 Å². The normalized spacial score (nSPS) is 14.2. The highest BCUT2D eigenvalue weighted by atomic mass is 16.2. The van der Waals surface area contributed by atoms with Crippen LogP contribution in [0.15, 0.2) is 29.1 Å². The molecule has 1 amide bonds. The fraction of sp³-hybridized carbons (Fsp3) is 0.438. The molecular formula is C16H20N4O2. The van der Waals surface area contributed by atoms with Crippen molar-refractivity contribution in [3.8, 4) is 0 Å². The van der Waals surface area contributed by atoms with Gasteiger partial charge in [0.05, 0.1) is 0 Å². The minimum Gasteiger partial charge on any atom is -0.324 e. The Kier molecular flexibility index (Phi) is 4.09. The molecule has 0 fully saturated rings. The minimum absolute atomic E-state index is 0.0489. The van der Waals surface area contributed by atoms with E-state index in [9.17, 15) is 9.59 Å². The molecule has 1 N–H and O–H groups in total. The first-order valence-corrected chi connectivity index (χ1v) is 7.66. The van der Waals surface area contributed by atoms with Gasteiger partial charge in [-0.15, -0.1) is 0 Å².